The second-order valence-corrected chi connectivity index (χ2v) is 7.19. The zero-order valence-corrected chi connectivity index (χ0v) is 11.8. The number of nitrogens with one attached hydrogen (secondary N) is 2. The highest BCUT2D eigenvalue weighted by molar-refractivity contribution is 7.92. The van der Waals surface area contributed by atoms with Gasteiger partial charge in [-0.25, -0.2) is 13.2 Å². The van der Waals surface area contributed by atoms with Crippen molar-refractivity contribution in [2.45, 2.75) is 6.04 Å². The third-order valence-electron chi connectivity index (χ3n) is 3.42. The number of hydrogen-bond donors (Lipinski definition) is 2. The van der Waals surface area contributed by atoms with E-state index < -0.39 is 9.84 Å². The van der Waals surface area contributed by atoms with E-state index in [0.717, 1.165) is 10.9 Å². The topological polar surface area (TPSA) is 80.2 Å². The number of nitrogens with zero attached hydrogens (tertiary/aromatic N) is 1. The highest BCUT2D eigenvalue weighted by atomic mass is 32.2. The summed E-state index contributed by atoms with van der Waals surface area (Å²) < 4.78 is 24.0. The third-order valence-corrected chi connectivity index (χ3v) is 5.24. The molecule has 2 N–H and O–H groups in total. The molecule has 0 atom stereocenters. The van der Waals surface area contributed by atoms with Crippen LogP contribution in [0.1, 0.15) is 0 Å². The Kier molecular flexibility index (Phi) is 2.93. The van der Waals surface area contributed by atoms with Crippen molar-refractivity contribution >= 4 is 32.5 Å². The zero-order chi connectivity index (χ0) is 14.3. The Balaban J connectivity index is 1.72. The molecule has 0 bridgehead atoms. The number of carbonyl (C=O) groups is 1. The molecule has 2 heterocycles. The summed E-state index contributed by atoms with van der Waals surface area (Å²) in [4.78, 5) is 11.9. The van der Waals surface area contributed by atoms with Gasteiger partial charge in [0.2, 0.25) is 0 Å². The molecular formula is C13H15N3O3S. The molecular weight excluding hydrogens is 278 g/mol. The van der Waals surface area contributed by atoms with Crippen LogP contribution in [0.15, 0.2) is 30.5 Å². The first-order valence-corrected chi connectivity index (χ1v) is 8.09. The molecule has 0 spiro atoms. The molecule has 0 aliphatic carbocycles. The molecule has 7 heteroatoms. The first kappa shape index (κ1) is 13.0. The summed E-state index contributed by atoms with van der Waals surface area (Å²) in [6.07, 6.45) is 1.92. The number of aromatic nitrogens is 1. The van der Waals surface area contributed by atoms with Crippen LogP contribution in [0, 0.1) is 0 Å². The summed E-state index contributed by atoms with van der Waals surface area (Å²) in [6, 6.07) is 6.93. The number of hydrogen-bond acceptors (Lipinski definition) is 3. The number of carbonyl (C=O) groups excluding carboxylic acids is 1. The van der Waals surface area contributed by atoms with Crippen LogP contribution in [-0.4, -0.2) is 36.6 Å². The fourth-order valence-electron chi connectivity index (χ4n) is 2.40. The van der Waals surface area contributed by atoms with Gasteiger partial charge in [-0.05, 0) is 18.2 Å². The number of benzene rings is 1. The van der Waals surface area contributed by atoms with Gasteiger partial charge in [-0.15, -0.1) is 0 Å². The summed E-state index contributed by atoms with van der Waals surface area (Å²) in [5.74, 6) is 0.0475. The van der Waals surface area contributed by atoms with Crippen LogP contribution in [0.4, 0.5) is 10.5 Å². The second kappa shape index (κ2) is 4.52. The van der Waals surface area contributed by atoms with Crippen molar-refractivity contribution in [1.82, 2.24) is 9.88 Å². The third kappa shape index (κ3) is 2.36. The van der Waals surface area contributed by atoms with Gasteiger partial charge < -0.3 is 15.2 Å². The smallest absolute Gasteiger partial charge is 0.319 e. The summed E-state index contributed by atoms with van der Waals surface area (Å²) in [5, 5.41) is 6.37. The predicted molar refractivity (Wildman–Crippen MR) is 77.5 cm³/mol. The lowest BCUT2D eigenvalue weighted by molar-refractivity contribution is 0.249. The minimum atomic E-state index is -2.93. The Morgan fingerprint density at radius 3 is 2.75 bits per heavy atom. The second-order valence-electron chi connectivity index (χ2n) is 5.04. The molecule has 2 aromatic rings. The zero-order valence-electron chi connectivity index (χ0n) is 11.0. The van der Waals surface area contributed by atoms with Gasteiger partial charge in [0.25, 0.3) is 0 Å². The maximum absolute atomic E-state index is 11.9. The van der Waals surface area contributed by atoms with Crippen molar-refractivity contribution in [1.29, 1.82) is 0 Å². The molecule has 0 radical (unpaired) electrons. The first-order valence-electron chi connectivity index (χ1n) is 6.27. The number of aryl methyl sites for hydroxylation is 1. The van der Waals surface area contributed by atoms with Crippen molar-refractivity contribution < 1.29 is 13.2 Å². The highest BCUT2D eigenvalue weighted by Gasteiger charge is 2.34. The van der Waals surface area contributed by atoms with Crippen molar-refractivity contribution in [3.05, 3.63) is 30.5 Å². The van der Waals surface area contributed by atoms with Gasteiger partial charge in [0.15, 0.2) is 9.84 Å². The van der Waals surface area contributed by atoms with Gasteiger partial charge in [0.1, 0.15) is 0 Å². The molecule has 3 rings (SSSR count). The quantitative estimate of drug-likeness (QED) is 0.870. The minimum absolute atomic E-state index is 0.0238. The molecule has 6 nitrogen and oxygen atoms in total. The highest BCUT2D eigenvalue weighted by Crippen LogP contribution is 2.23. The molecule has 106 valence electrons. The Morgan fingerprint density at radius 2 is 2.05 bits per heavy atom. The largest absolute Gasteiger partial charge is 0.350 e. The van der Waals surface area contributed by atoms with E-state index in [1.165, 1.54) is 0 Å². The molecule has 1 fully saturated rings. The van der Waals surface area contributed by atoms with Crippen LogP contribution < -0.4 is 10.6 Å². The van der Waals surface area contributed by atoms with E-state index in [2.05, 4.69) is 10.6 Å². The number of fused-ring (bicyclic) bond motifs is 1. The van der Waals surface area contributed by atoms with Gasteiger partial charge in [-0.3, -0.25) is 0 Å². The van der Waals surface area contributed by atoms with Gasteiger partial charge in [0.05, 0.1) is 23.2 Å². The molecule has 1 saturated heterocycles. The molecule has 1 aliphatic heterocycles. The lowest BCUT2D eigenvalue weighted by atomic mass is 10.2. The maximum atomic E-state index is 11.9. The Labute approximate surface area is 116 Å². The SMILES string of the molecule is Cn1ccc2c(NC(=O)NC3CS(=O)(=O)C3)cccc21. The predicted octanol–water partition coefficient (Wildman–Crippen LogP) is 1.10. The summed E-state index contributed by atoms with van der Waals surface area (Å²) >= 11 is 0. The van der Waals surface area contributed by atoms with Crippen LogP contribution in [0.3, 0.4) is 0 Å². The minimum Gasteiger partial charge on any atom is -0.350 e. The van der Waals surface area contributed by atoms with Crippen molar-refractivity contribution in [2.75, 3.05) is 16.8 Å². The molecule has 2 amide bonds. The van der Waals surface area contributed by atoms with Crippen LogP contribution in [0.2, 0.25) is 0 Å². The average molecular weight is 293 g/mol. The number of anilines is 1. The van der Waals surface area contributed by atoms with E-state index >= 15 is 0 Å². The lowest BCUT2D eigenvalue weighted by Gasteiger charge is -2.26. The van der Waals surface area contributed by atoms with E-state index in [-0.39, 0.29) is 23.6 Å². The van der Waals surface area contributed by atoms with Crippen LogP contribution in [-0.2, 0) is 16.9 Å². The van der Waals surface area contributed by atoms with Crippen LogP contribution >= 0.6 is 0 Å². The van der Waals surface area contributed by atoms with Crippen molar-refractivity contribution in [3.63, 3.8) is 0 Å². The summed E-state index contributed by atoms with van der Waals surface area (Å²) in [6.45, 7) is 0. The Hall–Kier alpha value is -2.02. The fraction of sp³-hybridized carbons (Fsp3) is 0.308. The van der Waals surface area contributed by atoms with E-state index in [9.17, 15) is 13.2 Å². The van der Waals surface area contributed by atoms with E-state index in [4.69, 9.17) is 0 Å². The number of amides is 2. The van der Waals surface area contributed by atoms with Gasteiger partial charge in [-0.2, -0.15) is 0 Å². The molecule has 20 heavy (non-hydrogen) atoms. The molecule has 0 unspecified atom stereocenters. The number of urea groups is 1. The number of rotatable bonds is 2. The molecule has 1 aliphatic rings. The summed E-state index contributed by atoms with van der Waals surface area (Å²) in [7, 11) is -0.990. The monoisotopic (exact) mass is 293 g/mol. The molecule has 1 aromatic carbocycles. The first-order chi connectivity index (χ1) is 9.44. The molecule has 0 saturated carbocycles. The standard InChI is InChI=1S/C13H15N3O3S/c1-16-6-5-10-11(3-2-4-12(10)16)15-13(17)14-9-7-20(18,19)8-9/h2-6,9H,7-8H2,1H3,(H2,14,15,17). The Bertz CT molecular complexity index is 767. The molecule has 1 aromatic heterocycles. The van der Waals surface area contributed by atoms with Crippen molar-refractivity contribution in [3.8, 4) is 0 Å². The maximum Gasteiger partial charge on any atom is 0.319 e. The van der Waals surface area contributed by atoms with E-state index in [0.29, 0.717) is 5.69 Å². The summed E-state index contributed by atoms with van der Waals surface area (Å²) in [5.41, 5.74) is 1.73. The normalized spacial score (nSPS) is 17.6. The van der Waals surface area contributed by atoms with Gasteiger partial charge >= 0.3 is 6.03 Å². The lowest BCUT2D eigenvalue weighted by Crippen LogP contribution is -2.53. The Morgan fingerprint density at radius 1 is 1.30 bits per heavy atom. The fourth-order valence-corrected chi connectivity index (χ4v) is 3.70. The van der Waals surface area contributed by atoms with E-state index in [1.807, 2.05) is 42.1 Å². The van der Waals surface area contributed by atoms with Crippen LogP contribution in [0.25, 0.3) is 10.9 Å². The van der Waals surface area contributed by atoms with Gasteiger partial charge in [-0.1, -0.05) is 6.07 Å². The van der Waals surface area contributed by atoms with E-state index in [1.54, 1.807) is 0 Å². The average Bonchev–Trinajstić information content (AvgIpc) is 2.70. The van der Waals surface area contributed by atoms with Gasteiger partial charge in [0, 0.05) is 24.1 Å². The van der Waals surface area contributed by atoms with Crippen LogP contribution in [0.5, 0.6) is 0 Å². The van der Waals surface area contributed by atoms with Crippen molar-refractivity contribution in [2.24, 2.45) is 7.05 Å². The number of sulfone groups is 1.